The number of carbonyl (C=O) groups excluding carboxylic acids is 3. The highest BCUT2D eigenvalue weighted by Gasteiger charge is 2.48. The highest BCUT2D eigenvalue weighted by Crippen LogP contribution is 2.33. The van der Waals surface area contributed by atoms with Gasteiger partial charge in [-0.2, -0.15) is 0 Å². The van der Waals surface area contributed by atoms with E-state index in [0.717, 1.165) is 5.69 Å². The normalized spacial score (nSPS) is 14.5. The maximum Gasteiger partial charge on any atom is 0.269 e. The Morgan fingerprint density at radius 1 is 0.912 bits per heavy atom. The minimum absolute atomic E-state index is 0.271. The summed E-state index contributed by atoms with van der Waals surface area (Å²) in [6.07, 6.45) is -0.590. The van der Waals surface area contributed by atoms with E-state index < -0.39 is 29.5 Å². The van der Waals surface area contributed by atoms with Gasteiger partial charge >= 0.3 is 0 Å². The smallest absolute Gasteiger partial charge is 0.269 e. The fourth-order valence-corrected chi connectivity index (χ4v) is 3.81. The fourth-order valence-electron chi connectivity index (χ4n) is 3.81. The zero-order valence-electron chi connectivity index (χ0n) is 18.7. The van der Waals surface area contributed by atoms with Crippen molar-refractivity contribution in [1.29, 1.82) is 0 Å². The Hall–Kier alpha value is -4.04. The molecule has 0 amide bonds. The number of methoxy groups -OCH3 is 2. The van der Waals surface area contributed by atoms with Crippen molar-refractivity contribution in [3.63, 3.8) is 0 Å². The van der Waals surface area contributed by atoms with Crippen LogP contribution in [0.15, 0.2) is 72.8 Å². The summed E-state index contributed by atoms with van der Waals surface area (Å²) < 4.78 is 25.4. The lowest BCUT2D eigenvalue weighted by Gasteiger charge is -2.30. The molecule has 0 bridgehead atoms. The summed E-state index contributed by atoms with van der Waals surface area (Å²) in [5.74, 6) is -2.17. The van der Waals surface area contributed by atoms with E-state index in [1.165, 1.54) is 13.2 Å². The van der Waals surface area contributed by atoms with Crippen molar-refractivity contribution in [1.82, 2.24) is 0 Å². The summed E-state index contributed by atoms with van der Waals surface area (Å²) in [5.41, 5.74) is 2.42. The molecular formula is C26H23FN2O5. The van der Waals surface area contributed by atoms with Gasteiger partial charge in [-0.25, -0.2) is 4.39 Å². The van der Waals surface area contributed by atoms with Crippen LogP contribution in [0, 0.1) is 5.82 Å². The van der Waals surface area contributed by atoms with Crippen LogP contribution < -0.4 is 15.0 Å². The molecule has 0 aliphatic heterocycles. The second kappa shape index (κ2) is 9.84. The van der Waals surface area contributed by atoms with Gasteiger partial charge in [-0.15, -0.1) is 0 Å². The van der Waals surface area contributed by atoms with E-state index in [2.05, 4.69) is 5.32 Å². The second-order valence-electron chi connectivity index (χ2n) is 7.74. The van der Waals surface area contributed by atoms with Gasteiger partial charge in [0.2, 0.25) is 11.6 Å². The molecule has 1 N–H and O–H groups in total. The molecule has 0 aromatic heterocycles. The van der Waals surface area contributed by atoms with Crippen LogP contribution in [-0.4, -0.2) is 44.2 Å². The van der Waals surface area contributed by atoms with Crippen molar-refractivity contribution in [2.45, 2.75) is 12.1 Å². The van der Waals surface area contributed by atoms with E-state index >= 15 is 0 Å². The highest BCUT2D eigenvalue weighted by atomic mass is 19.1. The van der Waals surface area contributed by atoms with E-state index in [-0.39, 0.29) is 12.4 Å². The van der Waals surface area contributed by atoms with Crippen LogP contribution in [0.1, 0.15) is 11.7 Å². The van der Waals surface area contributed by atoms with Crippen LogP contribution in [0.4, 0.5) is 21.5 Å². The quantitative estimate of drug-likeness (QED) is 0.382. The summed E-state index contributed by atoms with van der Waals surface area (Å²) in [6, 6.07) is 19.7. The predicted molar refractivity (Wildman–Crippen MR) is 125 cm³/mol. The Labute approximate surface area is 196 Å². The van der Waals surface area contributed by atoms with Gasteiger partial charge in [0.25, 0.3) is 5.78 Å². The zero-order valence-corrected chi connectivity index (χ0v) is 18.7. The SMILES string of the molecule is COc1ccc(N(CC(OC)c2ccccc2F)c2cccc(NC3C(=O)C(=O)C3=O)c2)cc1. The first kappa shape index (κ1) is 23.1. The molecule has 1 aliphatic carbocycles. The third-order valence-electron chi connectivity index (χ3n) is 5.71. The molecule has 1 unspecified atom stereocenters. The van der Waals surface area contributed by atoms with Crippen LogP contribution in [0.3, 0.4) is 0 Å². The Morgan fingerprint density at radius 3 is 2.26 bits per heavy atom. The van der Waals surface area contributed by atoms with Gasteiger partial charge in [0, 0.05) is 29.7 Å². The van der Waals surface area contributed by atoms with Gasteiger partial charge in [0.15, 0.2) is 6.04 Å². The van der Waals surface area contributed by atoms with Crippen molar-refractivity contribution >= 4 is 34.4 Å². The van der Waals surface area contributed by atoms with Crippen LogP contribution in [0.2, 0.25) is 0 Å². The number of ether oxygens (including phenoxy) is 2. The summed E-state index contributed by atoms with van der Waals surface area (Å²) in [6.45, 7) is 0.271. The Balaban J connectivity index is 1.68. The molecule has 174 valence electrons. The van der Waals surface area contributed by atoms with Crippen LogP contribution in [0.5, 0.6) is 5.75 Å². The van der Waals surface area contributed by atoms with Gasteiger partial charge in [0.1, 0.15) is 17.7 Å². The molecule has 1 aliphatic rings. The first-order chi connectivity index (χ1) is 16.4. The van der Waals surface area contributed by atoms with Gasteiger partial charge in [-0.1, -0.05) is 24.3 Å². The second-order valence-corrected chi connectivity index (χ2v) is 7.74. The third kappa shape index (κ3) is 4.53. The molecule has 1 saturated carbocycles. The largest absolute Gasteiger partial charge is 0.497 e. The summed E-state index contributed by atoms with van der Waals surface area (Å²) in [4.78, 5) is 36.7. The first-order valence-electron chi connectivity index (χ1n) is 10.6. The standard InChI is InChI=1S/C26H23FN2O5/c1-33-19-12-10-17(11-13-19)29(15-22(34-2)20-8-3-4-9-21(20)27)18-7-5-6-16(14-18)28-23-24(30)26(32)25(23)31/h3-14,22-23,28H,15H2,1-2H3. The monoisotopic (exact) mass is 462 g/mol. The summed E-state index contributed by atoms with van der Waals surface area (Å²) in [7, 11) is 3.10. The minimum Gasteiger partial charge on any atom is -0.497 e. The maximum atomic E-state index is 14.5. The summed E-state index contributed by atoms with van der Waals surface area (Å²) >= 11 is 0. The van der Waals surface area contributed by atoms with E-state index in [9.17, 15) is 18.8 Å². The van der Waals surface area contributed by atoms with Crippen LogP contribution >= 0.6 is 0 Å². The molecule has 7 nitrogen and oxygen atoms in total. The molecule has 0 radical (unpaired) electrons. The lowest BCUT2D eigenvalue weighted by atomic mass is 9.87. The number of carbonyl (C=O) groups is 3. The van der Waals surface area contributed by atoms with Crippen LogP contribution in [-0.2, 0) is 19.1 Å². The number of hydrogen-bond donors (Lipinski definition) is 1. The fraction of sp³-hybridized carbons (Fsp3) is 0.192. The third-order valence-corrected chi connectivity index (χ3v) is 5.71. The van der Waals surface area contributed by atoms with E-state index in [1.807, 2.05) is 35.2 Å². The minimum atomic E-state index is -1.16. The summed E-state index contributed by atoms with van der Waals surface area (Å²) in [5, 5.41) is 2.82. The molecule has 8 heteroatoms. The van der Waals surface area contributed by atoms with Gasteiger partial charge in [0.05, 0.1) is 13.7 Å². The van der Waals surface area contributed by atoms with Crippen LogP contribution in [0.25, 0.3) is 0 Å². The van der Waals surface area contributed by atoms with Crippen molar-refractivity contribution in [2.24, 2.45) is 0 Å². The number of nitrogens with zero attached hydrogens (tertiary/aromatic N) is 1. The lowest BCUT2D eigenvalue weighted by Crippen LogP contribution is -2.57. The lowest BCUT2D eigenvalue weighted by molar-refractivity contribution is -0.152. The average molecular weight is 462 g/mol. The topological polar surface area (TPSA) is 84.9 Å². The molecule has 34 heavy (non-hydrogen) atoms. The van der Waals surface area contributed by atoms with Crippen molar-refractivity contribution < 1.29 is 28.2 Å². The van der Waals surface area contributed by atoms with Gasteiger partial charge < -0.3 is 19.7 Å². The Kier molecular flexibility index (Phi) is 6.70. The number of benzene rings is 3. The number of Topliss-reactive ketones (excluding diaryl/α,β-unsaturated/α-hetero) is 3. The number of halogens is 1. The van der Waals surface area contributed by atoms with Crippen molar-refractivity contribution in [3.8, 4) is 5.75 Å². The van der Waals surface area contributed by atoms with Crippen molar-refractivity contribution in [3.05, 3.63) is 84.2 Å². The van der Waals surface area contributed by atoms with E-state index in [4.69, 9.17) is 9.47 Å². The van der Waals surface area contributed by atoms with Crippen molar-refractivity contribution in [2.75, 3.05) is 31.0 Å². The Morgan fingerprint density at radius 2 is 1.62 bits per heavy atom. The van der Waals surface area contributed by atoms with E-state index in [1.54, 1.807) is 43.5 Å². The van der Waals surface area contributed by atoms with E-state index in [0.29, 0.717) is 22.7 Å². The Bertz CT molecular complexity index is 1210. The molecule has 4 rings (SSSR count). The zero-order chi connectivity index (χ0) is 24.2. The van der Waals surface area contributed by atoms with Gasteiger partial charge in [-0.05, 0) is 48.5 Å². The molecule has 1 atom stereocenters. The molecule has 0 saturated heterocycles. The number of ketones is 3. The number of rotatable bonds is 9. The predicted octanol–water partition coefficient (Wildman–Crippen LogP) is 3.86. The first-order valence-corrected chi connectivity index (χ1v) is 10.6. The van der Waals surface area contributed by atoms with Gasteiger partial charge in [-0.3, -0.25) is 14.4 Å². The molecule has 3 aromatic carbocycles. The molecule has 3 aromatic rings. The molecule has 0 heterocycles. The number of nitrogens with one attached hydrogen (secondary N) is 1. The molecular weight excluding hydrogens is 439 g/mol. The average Bonchev–Trinajstić information content (AvgIpc) is 2.88. The maximum absolute atomic E-state index is 14.5. The molecule has 0 spiro atoms. The number of anilines is 3. The molecule has 1 fully saturated rings. The number of hydrogen-bond acceptors (Lipinski definition) is 7. The highest BCUT2D eigenvalue weighted by molar-refractivity contribution is 6.79.